The number of rotatable bonds is 7. The Morgan fingerprint density at radius 2 is 1.63 bits per heavy atom. The second-order valence-corrected chi connectivity index (χ2v) is 6.35. The normalized spacial score (nSPS) is 10.7. The molecule has 0 atom stereocenters. The van der Waals surface area contributed by atoms with Gasteiger partial charge in [-0.1, -0.05) is 42.5 Å². The quantitative estimate of drug-likeness (QED) is 0.451. The Morgan fingerprint density at radius 3 is 2.23 bits per heavy atom. The molecule has 0 saturated carbocycles. The molecule has 0 unspecified atom stereocenters. The minimum atomic E-state index is -1.05. The maximum atomic E-state index is 12.4. The van der Waals surface area contributed by atoms with Crippen LogP contribution in [-0.4, -0.2) is 17.0 Å². The minimum absolute atomic E-state index is 0.0738. The van der Waals surface area contributed by atoms with Crippen LogP contribution in [-0.2, 0) is 11.4 Å². The number of hydrogen-bond acceptors (Lipinski definition) is 4. The summed E-state index contributed by atoms with van der Waals surface area (Å²) in [7, 11) is 0. The SMILES string of the molecule is N#C/C(=C/c1ccc(OCc2ccccc2)cc1)C(=O)Nc1ccc(C(=O)O)cc1. The highest BCUT2D eigenvalue weighted by molar-refractivity contribution is 6.09. The third kappa shape index (κ3) is 5.57. The number of nitrogens with one attached hydrogen (secondary N) is 1. The van der Waals surface area contributed by atoms with Gasteiger partial charge in [-0.05, 0) is 53.6 Å². The van der Waals surface area contributed by atoms with Crippen LogP contribution in [0.4, 0.5) is 5.69 Å². The summed E-state index contributed by atoms with van der Waals surface area (Å²) in [5, 5.41) is 20.8. The van der Waals surface area contributed by atoms with Gasteiger partial charge in [0.15, 0.2) is 0 Å². The minimum Gasteiger partial charge on any atom is -0.489 e. The summed E-state index contributed by atoms with van der Waals surface area (Å²) in [4.78, 5) is 23.2. The molecule has 0 aliphatic rings. The van der Waals surface area contributed by atoms with Crippen molar-refractivity contribution < 1.29 is 19.4 Å². The number of carbonyl (C=O) groups is 2. The molecule has 3 rings (SSSR count). The van der Waals surface area contributed by atoms with E-state index in [4.69, 9.17) is 9.84 Å². The van der Waals surface area contributed by atoms with Gasteiger partial charge in [-0.15, -0.1) is 0 Å². The number of carboxylic acid groups (broad SMARTS) is 1. The van der Waals surface area contributed by atoms with Crippen LogP contribution in [0.1, 0.15) is 21.5 Å². The first kappa shape index (κ1) is 20.4. The number of carbonyl (C=O) groups excluding carboxylic acids is 1. The zero-order valence-corrected chi connectivity index (χ0v) is 15.9. The van der Waals surface area contributed by atoms with E-state index >= 15 is 0 Å². The van der Waals surface area contributed by atoms with E-state index in [1.807, 2.05) is 36.4 Å². The van der Waals surface area contributed by atoms with E-state index in [1.165, 1.54) is 30.3 Å². The van der Waals surface area contributed by atoms with Crippen molar-refractivity contribution in [3.05, 3.63) is 101 Å². The fraction of sp³-hybridized carbons (Fsp3) is 0.0417. The number of nitriles is 1. The lowest BCUT2D eigenvalue weighted by molar-refractivity contribution is -0.112. The van der Waals surface area contributed by atoms with Gasteiger partial charge in [0.25, 0.3) is 5.91 Å². The van der Waals surface area contributed by atoms with Gasteiger partial charge < -0.3 is 15.2 Å². The van der Waals surface area contributed by atoms with Crippen molar-refractivity contribution in [1.82, 2.24) is 0 Å². The molecule has 0 saturated heterocycles. The lowest BCUT2D eigenvalue weighted by Gasteiger charge is -2.07. The summed E-state index contributed by atoms with van der Waals surface area (Å²) in [6.45, 7) is 0.447. The van der Waals surface area contributed by atoms with Crippen LogP contribution < -0.4 is 10.1 Å². The van der Waals surface area contributed by atoms with Crippen molar-refractivity contribution >= 4 is 23.6 Å². The highest BCUT2D eigenvalue weighted by Gasteiger charge is 2.10. The Morgan fingerprint density at radius 1 is 0.967 bits per heavy atom. The summed E-state index contributed by atoms with van der Waals surface area (Å²) in [6.07, 6.45) is 1.47. The molecule has 6 heteroatoms. The van der Waals surface area contributed by atoms with Gasteiger partial charge in [0, 0.05) is 5.69 Å². The topological polar surface area (TPSA) is 99.4 Å². The molecule has 3 aromatic rings. The molecule has 0 spiro atoms. The number of benzene rings is 3. The van der Waals surface area contributed by atoms with E-state index in [-0.39, 0.29) is 11.1 Å². The number of anilines is 1. The molecule has 0 aliphatic carbocycles. The van der Waals surface area contributed by atoms with Crippen molar-refractivity contribution in [3.8, 4) is 11.8 Å². The maximum absolute atomic E-state index is 12.4. The molecular weight excluding hydrogens is 380 g/mol. The predicted octanol–water partition coefficient (Wildman–Crippen LogP) is 4.51. The molecule has 3 aromatic carbocycles. The first-order valence-electron chi connectivity index (χ1n) is 9.08. The Bertz CT molecular complexity index is 1100. The summed E-state index contributed by atoms with van der Waals surface area (Å²) < 4.78 is 5.72. The first-order valence-corrected chi connectivity index (χ1v) is 9.08. The van der Waals surface area contributed by atoms with Gasteiger partial charge in [-0.2, -0.15) is 5.26 Å². The van der Waals surface area contributed by atoms with E-state index in [2.05, 4.69) is 5.32 Å². The van der Waals surface area contributed by atoms with Gasteiger partial charge in [0.2, 0.25) is 0 Å². The number of ether oxygens (including phenoxy) is 1. The molecule has 0 aliphatic heterocycles. The van der Waals surface area contributed by atoms with Crippen molar-refractivity contribution in [2.75, 3.05) is 5.32 Å². The van der Waals surface area contributed by atoms with Crippen molar-refractivity contribution in [1.29, 1.82) is 5.26 Å². The number of aromatic carboxylic acids is 1. The van der Waals surface area contributed by atoms with Gasteiger partial charge in [0.05, 0.1) is 5.56 Å². The van der Waals surface area contributed by atoms with Crippen LogP contribution >= 0.6 is 0 Å². The molecule has 148 valence electrons. The zero-order chi connectivity index (χ0) is 21.3. The molecule has 6 nitrogen and oxygen atoms in total. The summed E-state index contributed by atoms with van der Waals surface area (Å²) >= 11 is 0. The van der Waals surface area contributed by atoms with Crippen LogP contribution in [0.3, 0.4) is 0 Å². The average molecular weight is 398 g/mol. The van der Waals surface area contributed by atoms with E-state index in [9.17, 15) is 14.9 Å². The largest absolute Gasteiger partial charge is 0.489 e. The number of carboxylic acids is 1. The van der Waals surface area contributed by atoms with Gasteiger partial charge >= 0.3 is 5.97 Å². The summed E-state index contributed by atoms with van der Waals surface area (Å²) in [6, 6.07) is 24.4. The summed E-state index contributed by atoms with van der Waals surface area (Å²) in [5.74, 6) is -0.954. The molecule has 30 heavy (non-hydrogen) atoms. The van der Waals surface area contributed by atoms with Gasteiger partial charge in [-0.25, -0.2) is 4.79 Å². The molecule has 1 amide bonds. The zero-order valence-electron chi connectivity index (χ0n) is 15.9. The molecule has 2 N–H and O–H groups in total. The van der Waals surface area contributed by atoms with E-state index in [1.54, 1.807) is 24.3 Å². The number of hydrogen-bond donors (Lipinski definition) is 2. The fourth-order valence-corrected chi connectivity index (χ4v) is 2.61. The molecule has 0 heterocycles. The van der Waals surface area contributed by atoms with Crippen molar-refractivity contribution in [3.63, 3.8) is 0 Å². The van der Waals surface area contributed by atoms with Crippen LogP contribution in [0, 0.1) is 11.3 Å². The van der Waals surface area contributed by atoms with Crippen LogP contribution in [0.15, 0.2) is 84.4 Å². The van der Waals surface area contributed by atoms with Gasteiger partial charge in [-0.3, -0.25) is 4.79 Å². The highest BCUT2D eigenvalue weighted by Crippen LogP contribution is 2.17. The Balaban J connectivity index is 1.63. The smallest absolute Gasteiger partial charge is 0.335 e. The molecular formula is C24H18N2O4. The van der Waals surface area contributed by atoms with Crippen molar-refractivity contribution in [2.45, 2.75) is 6.61 Å². The van der Waals surface area contributed by atoms with E-state index in [0.717, 1.165) is 5.56 Å². The standard InChI is InChI=1S/C24H18N2O4/c25-15-20(23(27)26-21-10-8-19(9-11-21)24(28)29)14-17-6-12-22(13-7-17)30-16-18-4-2-1-3-5-18/h1-14H,16H2,(H,26,27)(H,28,29)/b20-14-. The third-order valence-corrected chi connectivity index (χ3v) is 4.19. The summed E-state index contributed by atoms with van der Waals surface area (Å²) in [5.41, 5.74) is 2.17. The number of nitrogens with zero attached hydrogens (tertiary/aromatic N) is 1. The average Bonchev–Trinajstić information content (AvgIpc) is 2.78. The van der Waals surface area contributed by atoms with E-state index < -0.39 is 11.9 Å². The van der Waals surface area contributed by atoms with Crippen molar-refractivity contribution in [2.24, 2.45) is 0 Å². The molecule has 0 aromatic heterocycles. The Hall–Kier alpha value is -4.37. The maximum Gasteiger partial charge on any atom is 0.335 e. The predicted molar refractivity (Wildman–Crippen MR) is 113 cm³/mol. The Labute approximate surface area is 173 Å². The lowest BCUT2D eigenvalue weighted by Crippen LogP contribution is -2.13. The lowest BCUT2D eigenvalue weighted by atomic mass is 10.1. The van der Waals surface area contributed by atoms with Crippen LogP contribution in [0.2, 0.25) is 0 Å². The van der Waals surface area contributed by atoms with Crippen LogP contribution in [0.5, 0.6) is 5.75 Å². The molecule has 0 bridgehead atoms. The van der Waals surface area contributed by atoms with Crippen LogP contribution in [0.25, 0.3) is 6.08 Å². The Kier molecular flexibility index (Phi) is 6.59. The highest BCUT2D eigenvalue weighted by atomic mass is 16.5. The number of amides is 1. The molecule has 0 radical (unpaired) electrons. The fourth-order valence-electron chi connectivity index (χ4n) is 2.61. The van der Waals surface area contributed by atoms with Gasteiger partial charge in [0.1, 0.15) is 24.0 Å². The monoisotopic (exact) mass is 398 g/mol. The second kappa shape index (κ2) is 9.71. The first-order chi connectivity index (χ1) is 14.5. The molecule has 0 fully saturated rings. The van der Waals surface area contributed by atoms with E-state index in [0.29, 0.717) is 23.6 Å². The second-order valence-electron chi connectivity index (χ2n) is 6.35. The third-order valence-electron chi connectivity index (χ3n) is 4.19.